The molecule has 0 saturated heterocycles. The number of hydrogen-bond acceptors (Lipinski definition) is 8. The maximum Gasteiger partial charge on any atom is 0.433 e. The van der Waals surface area contributed by atoms with Crippen molar-refractivity contribution in [2.24, 2.45) is 5.92 Å². The second-order valence-electron chi connectivity index (χ2n) is 6.57. The highest BCUT2D eigenvalue weighted by molar-refractivity contribution is 5.96. The molecular formula is C17H16F6N8. The van der Waals surface area contributed by atoms with Crippen LogP contribution in [0.5, 0.6) is 0 Å². The van der Waals surface area contributed by atoms with Gasteiger partial charge in [0, 0.05) is 24.6 Å². The average Bonchev–Trinajstić information content (AvgIpc) is 3.49. The van der Waals surface area contributed by atoms with E-state index in [1.165, 1.54) is 6.07 Å². The Bertz CT molecular complexity index is 968. The smallest absolute Gasteiger partial charge is 0.354 e. The molecule has 0 atom stereocenters. The lowest BCUT2D eigenvalue weighted by molar-refractivity contribution is -0.141. The normalized spacial score (nSPS) is 14.5. The number of halogens is 6. The standard InChI is InChI=1S/C17H16F6N8/c18-16(19,20)11(24)4-6-26-13-29-14(27-8-9-1-2-9)31-15(30-13)28-10-3-5-25-12(7-10)17(21,22)23/h3-7,9,24H,1-2,8H2,(H3,25,26,27,28,29,30,31)/b6-4-,24-11?. The summed E-state index contributed by atoms with van der Waals surface area (Å²) in [6.07, 6.45) is -5.11. The molecule has 14 heteroatoms. The first-order valence-corrected chi connectivity index (χ1v) is 8.90. The number of hydrogen-bond donors (Lipinski definition) is 4. The molecule has 0 aromatic carbocycles. The Morgan fingerprint density at radius 3 is 2.39 bits per heavy atom. The predicted molar refractivity (Wildman–Crippen MR) is 100 cm³/mol. The van der Waals surface area contributed by atoms with Crippen LogP contribution in [0.3, 0.4) is 0 Å². The lowest BCUT2D eigenvalue weighted by Crippen LogP contribution is -2.19. The monoisotopic (exact) mass is 446 g/mol. The van der Waals surface area contributed by atoms with Crippen LogP contribution in [0.2, 0.25) is 0 Å². The van der Waals surface area contributed by atoms with E-state index in [2.05, 4.69) is 35.9 Å². The van der Waals surface area contributed by atoms with Gasteiger partial charge in [0.05, 0.1) is 0 Å². The lowest BCUT2D eigenvalue weighted by atomic mass is 10.3. The van der Waals surface area contributed by atoms with Crippen LogP contribution in [-0.2, 0) is 6.18 Å². The maximum atomic E-state index is 12.8. The summed E-state index contributed by atoms with van der Waals surface area (Å²) >= 11 is 0. The molecule has 0 aliphatic heterocycles. The van der Waals surface area contributed by atoms with E-state index in [1.807, 2.05) is 0 Å². The average molecular weight is 446 g/mol. The molecule has 3 rings (SSSR count). The van der Waals surface area contributed by atoms with Crippen molar-refractivity contribution in [2.45, 2.75) is 25.2 Å². The summed E-state index contributed by atoms with van der Waals surface area (Å²) in [6, 6.07) is 2.03. The van der Waals surface area contributed by atoms with Crippen molar-refractivity contribution in [3.63, 3.8) is 0 Å². The minimum atomic E-state index is -4.81. The van der Waals surface area contributed by atoms with Gasteiger partial charge in [-0.25, -0.2) is 0 Å². The molecule has 31 heavy (non-hydrogen) atoms. The third kappa shape index (κ3) is 6.79. The highest BCUT2D eigenvalue weighted by Crippen LogP contribution is 2.30. The van der Waals surface area contributed by atoms with E-state index in [1.54, 1.807) is 0 Å². The van der Waals surface area contributed by atoms with Crippen molar-refractivity contribution in [3.05, 3.63) is 36.3 Å². The van der Waals surface area contributed by atoms with Gasteiger partial charge in [0.2, 0.25) is 17.8 Å². The fourth-order valence-corrected chi connectivity index (χ4v) is 2.22. The van der Waals surface area contributed by atoms with Gasteiger partial charge in [-0.1, -0.05) is 0 Å². The van der Waals surface area contributed by atoms with E-state index < -0.39 is 23.8 Å². The molecule has 0 bridgehead atoms. The molecule has 2 aromatic rings. The molecule has 8 nitrogen and oxygen atoms in total. The van der Waals surface area contributed by atoms with Gasteiger partial charge in [-0.3, -0.25) is 10.4 Å². The molecule has 1 fully saturated rings. The van der Waals surface area contributed by atoms with Crippen LogP contribution in [-0.4, -0.2) is 38.4 Å². The van der Waals surface area contributed by atoms with E-state index in [-0.39, 0.29) is 23.5 Å². The third-order valence-corrected chi connectivity index (χ3v) is 3.96. The van der Waals surface area contributed by atoms with Gasteiger partial charge in [0.15, 0.2) is 0 Å². The Morgan fingerprint density at radius 1 is 1.06 bits per heavy atom. The quantitative estimate of drug-likeness (QED) is 0.352. The van der Waals surface area contributed by atoms with Gasteiger partial charge in [-0.05, 0) is 37.0 Å². The van der Waals surface area contributed by atoms with Crippen molar-refractivity contribution in [1.29, 1.82) is 5.41 Å². The van der Waals surface area contributed by atoms with Crippen molar-refractivity contribution in [1.82, 2.24) is 19.9 Å². The van der Waals surface area contributed by atoms with Gasteiger partial charge in [0.25, 0.3) is 0 Å². The van der Waals surface area contributed by atoms with Crippen molar-refractivity contribution >= 4 is 29.2 Å². The largest absolute Gasteiger partial charge is 0.433 e. The molecule has 166 valence electrons. The summed E-state index contributed by atoms with van der Waals surface area (Å²) in [5.74, 6) is 0.212. The number of pyridine rings is 1. The van der Waals surface area contributed by atoms with E-state index in [0.29, 0.717) is 18.5 Å². The van der Waals surface area contributed by atoms with Gasteiger partial charge in [-0.15, -0.1) is 0 Å². The zero-order valence-corrected chi connectivity index (χ0v) is 15.6. The molecule has 0 spiro atoms. The molecule has 2 heterocycles. The molecule has 2 aromatic heterocycles. The van der Waals surface area contributed by atoms with E-state index >= 15 is 0 Å². The van der Waals surface area contributed by atoms with Crippen molar-refractivity contribution in [2.75, 3.05) is 22.5 Å². The molecule has 0 amide bonds. The first kappa shape index (κ1) is 22.2. The number of rotatable bonds is 8. The van der Waals surface area contributed by atoms with E-state index in [0.717, 1.165) is 31.3 Å². The zero-order valence-electron chi connectivity index (χ0n) is 15.6. The molecule has 0 radical (unpaired) electrons. The Balaban J connectivity index is 1.79. The summed E-state index contributed by atoms with van der Waals surface area (Å²) in [7, 11) is 0. The summed E-state index contributed by atoms with van der Waals surface area (Å²) in [6.45, 7) is 0.560. The number of alkyl halides is 6. The van der Waals surface area contributed by atoms with Crippen LogP contribution in [0.1, 0.15) is 18.5 Å². The Kier molecular flexibility index (Phi) is 6.27. The zero-order chi connectivity index (χ0) is 22.6. The molecule has 1 saturated carbocycles. The Hall–Kier alpha value is -3.45. The highest BCUT2D eigenvalue weighted by Gasteiger charge is 2.33. The number of nitrogens with zero attached hydrogens (tertiary/aromatic N) is 4. The molecule has 0 unspecified atom stereocenters. The van der Waals surface area contributed by atoms with Crippen LogP contribution >= 0.6 is 0 Å². The van der Waals surface area contributed by atoms with Crippen molar-refractivity contribution < 1.29 is 26.3 Å². The van der Waals surface area contributed by atoms with Gasteiger partial charge < -0.3 is 16.0 Å². The molecule has 1 aliphatic carbocycles. The molecule has 4 N–H and O–H groups in total. The van der Waals surface area contributed by atoms with E-state index in [9.17, 15) is 26.3 Å². The number of allylic oxidation sites excluding steroid dienone is 1. The summed E-state index contributed by atoms with van der Waals surface area (Å²) < 4.78 is 75.7. The highest BCUT2D eigenvalue weighted by atomic mass is 19.4. The minimum Gasteiger partial charge on any atom is -0.354 e. The second-order valence-corrected chi connectivity index (χ2v) is 6.57. The van der Waals surface area contributed by atoms with E-state index in [4.69, 9.17) is 5.41 Å². The fraction of sp³-hybridized carbons (Fsp3) is 0.353. The fourth-order valence-electron chi connectivity index (χ4n) is 2.22. The first-order chi connectivity index (χ1) is 14.5. The number of anilines is 4. The van der Waals surface area contributed by atoms with Gasteiger partial charge in [0.1, 0.15) is 11.4 Å². The summed E-state index contributed by atoms with van der Waals surface area (Å²) in [5.41, 5.74) is -2.71. The molecular weight excluding hydrogens is 430 g/mol. The Morgan fingerprint density at radius 2 is 1.74 bits per heavy atom. The van der Waals surface area contributed by atoms with Crippen LogP contribution in [0.15, 0.2) is 30.6 Å². The molecule has 1 aliphatic rings. The second kappa shape index (κ2) is 8.73. The minimum absolute atomic E-state index is 0.00186. The van der Waals surface area contributed by atoms with Crippen molar-refractivity contribution in [3.8, 4) is 0 Å². The SMILES string of the molecule is N=C(/C=C\Nc1nc(NCC2CC2)nc(Nc2ccnc(C(F)(F)F)c2)n1)C(F)(F)F. The number of nitrogens with one attached hydrogen (secondary N) is 4. The maximum absolute atomic E-state index is 12.8. The summed E-state index contributed by atoms with van der Waals surface area (Å²) in [5, 5.41) is 14.8. The van der Waals surface area contributed by atoms with Crippen LogP contribution in [0, 0.1) is 11.3 Å². The van der Waals surface area contributed by atoms with Gasteiger partial charge in [-0.2, -0.15) is 41.3 Å². The van der Waals surface area contributed by atoms with Crippen LogP contribution in [0.4, 0.5) is 49.9 Å². The first-order valence-electron chi connectivity index (χ1n) is 8.90. The number of aromatic nitrogens is 4. The summed E-state index contributed by atoms with van der Waals surface area (Å²) in [4.78, 5) is 15.3. The van der Waals surface area contributed by atoms with Crippen LogP contribution in [0.25, 0.3) is 0 Å². The van der Waals surface area contributed by atoms with Gasteiger partial charge >= 0.3 is 12.4 Å². The van der Waals surface area contributed by atoms with Crippen LogP contribution < -0.4 is 16.0 Å². The third-order valence-electron chi connectivity index (χ3n) is 3.96. The Labute approximate surface area is 171 Å². The lowest BCUT2D eigenvalue weighted by Gasteiger charge is -2.11. The predicted octanol–water partition coefficient (Wildman–Crippen LogP) is 4.36. The topological polar surface area (TPSA) is 112 Å².